The molecule has 2 aromatic heterocycles. The number of aliphatic imine (C=N–C) groups is 1. The molecule has 1 aromatic carbocycles. The molecule has 1 saturated heterocycles. The Bertz CT molecular complexity index is 1100. The molecule has 1 aliphatic rings. The number of pyridine rings is 1. The van der Waals surface area contributed by atoms with Gasteiger partial charge in [0.1, 0.15) is 5.82 Å². The van der Waals surface area contributed by atoms with E-state index in [2.05, 4.69) is 30.4 Å². The second kappa shape index (κ2) is 7.98. The van der Waals surface area contributed by atoms with Gasteiger partial charge in [-0.2, -0.15) is 18.3 Å². The molecule has 9 heteroatoms. The number of benzene rings is 1. The van der Waals surface area contributed by atoms with E-state index in [0.717, 1.165) is 48.8 Å². The summed E-state index contributed by atoms with van der Waals surface area (Å²) in [6.45, 7) is 6.59. The molecule has 0 saturated carbocycles. The molecule has 156 valence electrons. The molecule has 3 heterocycles. The highest BCUT2D eigenvalue weighted by atomic mass is 19.4. The lowest BCUT2D eigenvalue weighted by molar-refractivity contribution is -0.138. The van der Waals surface area contributed by atoms with Crippen LogP contribution < -0.4 is 10.2 Å². The first-order valence-corrected chi connectivity index (χ1v) is 9.64. The molecule has 0 bridgehead atoms. The summed E-state index contributed by atoms with van der Waals surface area (Å²) in [4.78, 5) is 11.2. The molecule has 3 aromatic rings. The van der Waals surface area contributed by atoms with Gasteiger partial charge in [-0.25, -0.2) is 9.98 Å². The molecular formula is C21H21F3N6. The van der Waals surface area contributed by atoms with Crippen LogP contribution in [0.15, 0.2) is 41.7 Å². The lowest BCUT2D eigenvalue weighted by atomic mass is 9.99. The van der Waals surface area contributed by atoms with Crippen LogP contribution in [0.1, 0.15) is 23.6 Å². The van der Waals surface area contributed by atoms with Crippen LogP contribution in [0, 0.1) is 6.92 Å². The van der Waals surface area contributed by atoms with Gasteiger partial charge in [0.25, 0.3) is 0 Å². The number of aromatic nitrogens is 3. The van der Waals surface area contributed by atoms with Crippen molar-refractivity contribution in [1.82, 2.24) is 20.5 Å². The van der Waals surface area contributed by atoms with Crippen molar-refractivity contribution in [3.8, 4) is 0 Å². The van der Waals surface area contributed by atoms with E-state index in [1.807, 2.05) is 6.07 Å². The number of hydrogen-bond acceptors (Lipinski definition) is 6. The number of alkyl halides is 3. The fourth-order valence-electron chi connectivity index (χ4n) is 3.65. The Morgan fingerprint density at radius 2 is 1.93 bits per heavy atom. The molecule has 0 unspecified atom stereocenters. The van der Waals surface area contributed by atoms with E-state index in [1.165, 1.54) is 13.0 Å². The van der Waals surface area contributed by atoms with Crippen molar-refractivity contribution in [2.24, 2.45) is 4.99 Å². The number of hydrogen-bond donors (Lipinski definition) is 1. The van der Waals surface area contributed by atoms with Crippen molar-refractivity contribution in [2.75, 3.05) is 31.1 Å². The van der Waals surface area contributed by atoms with Gasteiger partial charge in [0.15, 0.2) is 5.82 Å². The van der Waals surface area contributed by atoms with E-state index in [-0.39, 0.29) is 5.56 Å². The maximum Gasteiger partial charge on any atom is 0.416 e. The predicted molar refractivity (Wildman–Crippen MR) is 110 cm³/mol. The third-order valence-corrected chi connectivity index (χ3v) is 5.25. The molecule has 1 fully saturated rings. The van der Waals surface area contributed by atoms with Gasteiger partial charge in [0.05, 0.1) is 11.8 Å². The van der Waals surface area contributed by atoms with Crippen molar-refractivity contribution in [1.29, 1.82) is 0 Å². The zero-order chi connectivity index (χ0) is 21.3. The minimum Gasteiger partial charge on any atom is -0.354 e. The number of anilines is 1. The molecule has 0 radical (unpaired) electrons. The van der Waals surface area contributed by atoms with Crippen LogP contribution in [-0.4, -0.2) is 47.1 Å². The van der Waals surface area contributed by atoms with E-state index in [9.17, 15) is 13.2 Å². The minimum absolute atomic E-state index is 0.141. The Hall–Kier alpha value is -3.07. The lowest BCUT2D eigenvalue weighted by Crippen LogP contribution is -2.43. The minimum atomic E-state index is -4.41. The van der Waals surface area contributed by atoms with Crippen molar-refractivity contribution >= 4 is 28.1 Å². The first-order chi connectivity index (χ1) is 14.3. The Morgan fingerprint density at radius 1 is 1.17 bits per heavy atom. The molecule has 4 rings (SSSR count). The van der Waals surface area contributed by atoms with E-state index >= 15 is 0 Å². The van der Waals surface area contributed by atoms with Crippen LogP contribution in [0.3, 0.4) is 0 Å². The molecule has 1 aliphatic heterocycles. The van der Waals surface area contributed by atoms with Gasteiger partial charge in [-0.1, -0.05) is 12.1 Å². The van der Waals surface area contributed by atoms with Crippen molar-refractivity contribution < 1.29 is 13.2 Å². The molecule has 6 nitrogen and oxygen atoms in total. The Kier molecular flexibility index (Phi) is 5.38. The van der Waals surface area contributed by atoms with Gasteiger partial charge in [0.2, 0.25) is 0 Å². The van der Waals surface area contributed by atoms with Crippen molar-refractivity contribution in [3.63, 3.8) is 0 Å². The van der Waals surface area contributed by atoms with Crippen LogP contribution in [0.4, 0.5) is 24.8 Å². The van der Waals surface area contributed by atoms with Gasteiger partial charge in [0, 0.05) is 48.9 Å². The molecule has 0 amide bonds. The number of halogens is 3. The summed E-state index contributed by atoms with van der Waals surface area (Å²) in [5.74, 6) is 1.18. The number of nitrogens with one attached hydrogen (secondary N) is 1. The lowest BCUT2D eigenvalue weighted by Gasteiger charge is -2.28. The van der Waals surface area contributed by atoms with E-state index in [0.29, 0.717) is 17.1 Å². The smallest absolute Gasteiger partial charge is 0.354 e. The largest absolute Gasteiger partial charge is 0.416 e. The quantitative estimate of drug-likeness (QED) is 0.659. The summed E-state index contributed by atoms with van der Waals surface area (Å²) < 4.78 is 39.8. The summed E-state index contributed by atoms with van der Waals surface area (Å²) in [5.41, 5.74) is 0.354. The second-order valence-corrected chi connectivity index (χ2v) is 7.21. The highest BCUT2D eigenvalue weighted by Crippen LogP contribution is 2.33. The first-order valence-electron chi connectivity index (χ1n) is 9.64. The van der Waals surface area contributed by atoms with E-state index in [1.54, 1.807) is 25.4 Å². The number of rotatable bonds is 3. The SMILES string of the molecule is CC(=Nc1nncc2cnc(N3CCNCC3)cc12)c1cccc(C(F)(F)F)c1C. The monoisotopic (exact) mass is 414 g/mol. The highest BCUT2D eigenvalue weighted by Gasteiger charge is 2.33. The number of piperazine rings is 1. The van der Waals surface area contributed by atoms with Gasteiger partial charge < -0.3 is 10.2 Å². The summed E-state index contributed by atoms with van der Waals surface area (Å²) in [5, 5.41) is 13.0. The Balaban J connectivity index is 1.77. The van der Waals surface area contributed by atoms with Crippen LogP contribution in [-0.2, 0) is 6.18 Å². The first kappa shape index (κ1) is 20.2. The molecule has 30 heavy (non-hydrogen) atoms. The van der Waals surface area contributed by atoms with Crippen LogP contribution >= 0.6 is 0 Å². The normalized spacial score (nSPS) is 15.6. The van der Waals surface area contributed by atoms with E-state index in [4.69, 9.17) is 0 Å². The number of fused-ring (bicyclic) bond motifs is 1. The predicted octanol–water partition coefficient (Wildman–Crippen LogP) is 3.90. The topological polar surface area (TPSA) is 66.3 Å². The summed E-state index contributed by atoms with van der Waals surface area (Å²) in [6, 6.07) is 6.02. The second-order valence-electron chi connectivity index (χ2n) is 7.21. The summed E-state index contributed by atoms with van der Waals surface area (Å²) in [7, 11) is 0. The molecular weight excluding hydrogens is 393 g/mol. The zero-order valence-corrected chi connectivity index (χ0v) is 16.7. The van der Waals surface area contributed by atoms with Gasteiger partial charge in [-0.3, -0.25) is 0 Å². The van der Waals surface area contributed by atoms with Crippen molar-refractivity contribution in [3.05, 3.63) is 53.3 Å². The van der Waals surface area contributed by atoms with E-state index < -0.39 is 11.7 Å². The molecule has 0 aliphatic carbocycles. The highest BCUT2D eigenvalue weighted by molar-refractivity contribution is 6.03. The third kappa shape index (κ3) is 3.97. The van der Waals surface area contributed by atoms with Gasteiger partial charge in [-0.15, -0.1) is 5.10 Å². The van der Waals surface area contributed by atoms with Crippen LogP contribution in [0.5, 0.6) is 0 Å². The Morgan fingerprint density at radius 3 is 2.67 bits per heavy atom. The molecule has 1 N–H and O–H groups in total. The van der Waals surface area contributed by atoms with Crippen molar-refractivity contribution in [2.45, 2.75) is 20.0 Å². The number of nitrogens with zero attached hydrogens (tertiary/aromatic N) is 5. The molecule has 0 spiro atoms. The zero-order valence-electron chi connectivity index (χ0n) is 16.7. The van der Waals surface area contributed by atoms with Crippen LogP contribution in [0.2, 0.25) is 0 Å². The summed E-state index contributed by atoms with van der Waals surface area (Å²) in [6.07, 6.45) is -1.08. The van der Waals surface area contributed by atoms with Gasteiger partial charge >= 0.3 is 6.18 Å². The average Bonchev–Trinajstić information content (AvgIpc) is 2.73. The fourth-order valence-corrected chi connectivity index (χ4v) is 3.65. The standard InChI is InChI=1S/C21H21F3N6/c1-13-16(4-3-5-18(13)21(22,23)24)14(2)28-20-17-10-19(30-8-6-25-7-9-30)26-11-15(17)12-27-29-20/h3-5,10-12,25H,6-9H2,1-2H3. The maximum atomic E-state index is 13.3. The molecule has 0 atom stereocenters. The van der Waals surface area contributed by atoms with Crippen LogP contribution in [0.25, 0.3) is 10.8 Å². The summed E-state index contributed by atoms with van der Waals surface area (Å²) >= 11 is 0. The average molecular weight is 414 g/mol. The fraction of sp³-hybridized carbons (Fsp3) is 0.333. The third-order valence-electron chi connectivity index (χ3n) is 5.25. The van der Waals surface area contributed by atoms with Gasteiger partial charge in [-0.05, 0) is 37.1 Å². The Labute approximate surface area is 171 Å². The maximum absolute atomic E-state index is 13.3.